The largest absolute Gasteiger partial charge is 0.316 e. The highest BCUT2D eigenvalue weighted by Gasteiger charge is 2.34. The molecule has 2 aromatic heterocycles. The van der Waals surface area contributed by atoms with Crippen molar-refractivity contribution in [3.8, 4) is 6.07 Å². The summed E-state index contributed by atoms with van der Waals surface area (Å²) in [7, 11) is 0. The van der Waals surface area contributed by atoms with E-state index in [4.69, 9.17) is 0 Å². The average Bonchev–Trinajstić information content (AvgIpc) is 3.31. The molecule has 0 fully saturated rings. The predicted molar refractivity (Wildman–Crippen MR) is 128 cm³/mol. The number of nitrogens with one attached hydrogen (secondary N) is 1. The van der Waals surface area contributed by atoms with Crippen LogP contribution in [0.2, 0.25) is 0 Å². The first-order valence-electron chi connectivity index (χ1n) is 11.1. The van der Waals surface area contributed by atoms with E-state index in [1.165, 1.54) is 16.6 Å². The molecule has 1 aliphatic carbocycles. The van der Waals surface area contributed by atoms with Crippen LogP contribution in [-0.4, -0.2) is 26.4 Å². The van der Waals surface area contributed by atoms with Crippen molar-refractivity contribution in [3.05, 3.63) is 21.8 Å². The van der Waals surface area contributed by atoms with Crippen molar-refractivity contribution in [2.24, 2.45) is 11.3 Å². The minimum Gasteiger partial charge on any atom is -0.316 e. The molecule has 0 aliphatic heterocycles. The Morgan fingerprint density at radius 3 is 2.74 bits per heavy atom. The van der Waals surface area contributed by atoms with Gasteiger partial charge in [0.15, 0.2) is 5.16 Å². The quantitative estimate of drug-likeness (QED) is 0.518. The van der Waals surface area contributed by atoms with E-state index < -0.39 is 0 Å². The number of hydrogen-bond acceptors (Lipinski definition) is 6. The van der Waals surface area contributed by atoms with Gasteiger partial charge in [-0.1, -0.05) is 52.8 Å². The fourth-order valence-corrected chi connectivity index (χ4v) is 6.28. The molecule has 2 heterocycles. The number of nitrogens with zero attached hydrogens (tertiary/aromatic N) is 4. The zero-order chi connectivity index (χ0) is 22.8. The number of hydrogen-bond donors (Lipinski definition) is 1. The molecule has 1 unspecified atom stereocenters. The highest BCUT2D eigenvalue weighted by Crippen LogP contribution is 2.45. The minimum atomic E-state index is -0.109. The molecule has 0 aromatic carbocycles. The summed E-state index contributed by atoms with van der Waals surface area (Å²) >= 11 is 2.98. The Morgan fingerprint density at radius 2 is 2.13 bits per heavy atom. The summed E-state index contributed by atoms with van der Waals surface area (Å²) in [5, 5.41) is 22.8. The highest BCUT2D eigenvalue weighted by molar-refractivity contribution is 7.99. The lowest BCUT2D eigenvalue weighted by Crippen LogP contribution is -2.28. The van der Waals surface area contributed by atoms with Gasteiger partial charge in [-0.3, -0.25) is 4.79 Å². The third-order valence-corrected chi connectivity index (χ3v) is 8.69. The molecule has 3 rings (SSSR count). The van der Waals surface area contributed by atoms with Crippen LogP contribution in [0.15, 0.2) is 5.16 Å². The highest BCUT2D eigenvalue weighted by atomic mass is 32.2. The van der Waals surface area contributed by atoms with E-state index in [2.05, 4.69) is 67.7 Å². The number of amides is 1. The van der Waals surface area contributed by atoms with Gasteiger partial charge in [0.1, 0.15) is 16.9 Å². The van der Waals surface area contributed by atoms with Crippen LogP contribution in [0.1, 0.15) is 82.1 Å². The maximum absolute atomic E-state index is 12.7. The zero-order valence-corrected chi connectivity index (χ0v) is 21.0. The molecule has 6 nitrogen and oxygen atoms in total. The smallest absolute Gasteiger partial charge is 0.235 e. The van der Waals surface area contributed by atoms with Crippen LogP contribution in [0.25, 0.3) is 0 Å². The van der Waals surface area contributed by atoms with Gasteiger partial charge < -0.3 is 9.88 Å². The normalized spacial score (nSPS) is 16.3. The number of thiophene rings is 1. The Balaban J connectivity index is 1.70. The second-order valence-corrected chi connectivity index (χ2v) is 11.2. The summed E-state index contributed by atoms with van der Waals surface area (Å²) in [5.41, 5.74) is 2.09. The van der Waals surface area contributed by atoms with Crippen LogP contribution >= 0.6 is 23.1 Å². The van der Waals surface area contributed by atoms with Crippen LogP contribution in [0.5, 0.6) is 0 Å². The Kier molecular flexibility index (Phi) is 7.48. The first-order chi connectivity index (χ1) is 14.7. The molecule has 0 spiro atoms. The first-order valence-corrected chi connectivity index (χ1v) is 12.9. The van der Waals surface area contributed by atoms with Gasteiger partial charge in [0.25, 0.3) is 0 Å². The number of fused-ring (bicyclic) bond motifs is 1. The molecule has 0 saturated carbocycles. The van der Waals surface area contributed by atoms with Crippen molar-refractivity contribution in [1.82, 2.24) is 14.8 Å². The number of aromatic nitrogens is 3. The van der Waals surface area contributed by atoms with E-state index in [1.807, 2.05) is 0 Å². The van der Waals surface area contributed by atoms with Crippen molar-refractivity contribution in [3.63, 3.8) is 0 Å². The lowest BCUT2D eigenvalue weighted by atomic mass is 9.69. The number of nitriles is 1. The predicted octanol–water partition coefficient (Wildman–Crippen LogP) is 5.63. The number of anilines is 1. The molecule has 0 radical (unpaired) electrons. The van der Waals surface area contributed by atoms with Gasteiger partial charge in [0.2, 0.25) is 5.91 Å². The van der Waals surface area contributed by atoms with Crippen molar-refractivity contribution in [2.45, 2.75) is 84.8 Å². The zero-order valence-electron chi connectivity index (χ0n) is 19.4. The van der Waals surface area contributed by atoms with E-state index in [-0.39, 0.29) is 17.6 Å². The fourth-order valence-electron chi connectivity index (χ4n) is 4.17. The molecule has 31 heavy (non-hydrogen) atoms. The maximum Gasteiger partial charge on any atom is 0.235 e. The van der Waals surface area contributed by atoms with Crippen LogP contribution in [0.3, 0.4) is 0 Å². The van der Waals surface area contributed by atoms with Gasteiger partial charge in [-0.25, -0.2) is 0 Å². The summed E-state index contributed by atoms with van der Waals surface area (Å²) < 4.78 is 2.06. The number of rotatable bonds is 8. The number of thioether (sulfide) groups is 1. The van der Waals surface area contributed by atoms with Crippen LogP contribution in [0, 0.1) is 22.7 Å². The van der Waals surface area contributed by atoms with Gasteiger partial charge in [-0.2, -0.15) is 5.26 Å². The second kappa shape index (κ2) is 9.74. The molecular formula is C23H33N5OS2. The topological polar surface area (TPSA) is 83.6 Å². The van der Waals surface area contributed by atoms with Crippen molar-refractivity contribution >= 4 is 34.0 Å². The van der Waals surface area contributed by atoms with E-state index in [0.29, 0.717) is 21.9 Å². The molecule has 0 saturated heterocycles. The van der Waals surface area contributed by atoms with Gasteiger partial charge in [0.05, 0.1) is 11.3 Å². The Labute approximate surface area is 193 Å². The van der Waals surface area contributed by atoms with E-state index >= 15 is 0 Å². The summed E-state index contributed by atoms with van der Waals surface area (Å²) in [4.78, 5) is 14.0. The fraction of sp³-hybridized carbons (Fsp3) is 0.652. The van der Waals surface area contributed by atoms with E-state index in [0.717, 1.165) is 48.8 Å². The number of carbonyl (C=O) groups is 1. The van der Waals surface area contributed by atoms with Crippen LogP contribution in [-0.2, 0) is 24.2 Å². The van der Waals surface area contributed by atoms with E-state index in [9.17, 15) is 10.1 Å². The molecule has 1 aliphatic rings. The van der Waals surface area contributed by atoms with Gasteiger partial charge >= 0.3 is 0 Å². The molecule has 1 N–H and O–H groups in total. The van der Waals surface area contributed by atoms with Crippen molar-refractivity contribution in [1.29, 1.82) is 5.26 Å². The molecule has 1 atom stereocenters. The molecule has 2 aromatic rings. The standard InChI is InChI=1S/C23H33N5OS2/c1-7-23(5,6)15-9-10-16-17(12-24)21(31-18(16)11-15)25-19(29)13-30-22-27-26-20(14(3)4)28(22)8-2/h14-15H,7-11,13H2,1-6H3,(H,25,29). The Bertz CT molecular complexity index is 983. The molecule has 0 bridgehead atoms. The van der Waals surface area contributed by atoms with Gasteiger partial charge in [0, 0.05) is 17.3 Å². The summed E-state index contributed by atoms with van der Waals surface area (Å²) in [6.07, 6.45) is 4.17. The second-order valence-electron chi connectivity index (χ2n) is 9.18. The number of carbonyl (C=O) groups excluding carboxylic acids is 1. The monoisotopic (exact) mass is 459 g/mol. The first kappa shape index (κ1) is 23.8. The van der Waals surface area contributed by atoms with Gasteiger partial charge in [-0.15, -0.1) is 21.5 Å². The van der Waals surface area contributed by atoms with Crippen molar-refractivity contribution in [2.75, 3.05) is 11.1 Å². The van der Waals surface area contributed by atoms with E-state index in [1.54, 1.807) is 11.3 Å². The maximum atomic E-state index is 12.7. The molecule has 1 amide bonds. The van der Waals surface area contributed by atoms with Crippen molar-refractivity contribution < 1.29 is 4.79 Å². The summed E-state index contributed by atoms with van der Waals surface area (Å²) in [6, 6.07) is 2.35. The lowest BCUT2D eigenvalue weighted by Gasteiger charge is -2.36. The lowest BCUT2D eigenvalue weighted by molar-refractivity contribution is -0.113. The molecule has 168 valence electrons. The summed E-state index contributed by atoms with van der Waals surface area (Å²) in [6.45, 7) is 13.9. The minimum absolute atomic E-state index is 0.109. The Hall–Kier alpha value is -1.85. The third kappa shape index (κ3) is 4.98. The molecule has 8 heteroatoms. The van der Waals surface area contributed by atoms with Crippen LogP contribution < -0.4 is 5.32 Å². The third-order valence-electron chi connectivity index (χ3n) is 6.56. The average molecular weight is 460 g/mol. The van der Waals surface area contributed by atoms with Gasteiger partial charge in [-0.05, 0) is 43.1 Å². The Morgan fingerprint density at radius 1 is 1.39 bits per heavy atom. The van der Waals surface area contributed by atoms with Crippen LogP contribution in [0.4, 0.5) is 5.00 Å². The molecular weight excluding hydrogens is 426 g/mol. The summed E-state index contributed by atoms with van der Waals surface area (Å²) in [5.74, 6) is 1.97. The SMILES string of the molecule is CCn1c(SCC(=O)Nc2sc3c(c2C#N)CCC(C(C)(C)CC)C3)nnc1C(C)C.